The van der Waals surface area contributed by atoms with Crippen LogP contribution in [0.5, 0.6) is 0 Å². The fourth-order valence-electron chi connectivity index (χ4n) is 1.54. The number of thioether (sulfide) groups is 1. The van der Waals surface area contributed by atoms with Gasteiger partial charge in [-0.2, -0.15) is 0 Å². The van der Waals surface area contributed by atoms with Crippen molar-refractivity contribution in [3.05, 3.63) is 35.9 Å². The van der Waals surface area contributed by atoms with Gasteiger partial charge in [-0.1, -0.05) is 53.4 Å². The van der Waals surface area contributed by atoms with Crippen LogP contribution in [-0.2, 0) is 6.54 Å². The molecule has 0 radical (unpaired) electrons. The van der Waals surface area contributed by atoms with Crippen LogP contribution in [0.1, 0.15) is 5.56 Å². The Bertz CT molecular complexity index is 472. The van der Waals surface area contributed by atoms with Crippen molar-refractivity contribution in [2.24, 2.45) is 0 Å². The zero-order valence-corrected chi connectivity index (χ0v) is 11.9. The molecule has 0 aliphatic heterocycles. The second kappa shape index (κ2) is 6.72. The molecule has 1 heterocycles. The molecule has 0 amide bonds. The highest BCUT2D eigenvalue weighted by Gasteiger charge is 2.04. The first kappa shape index (κ1) is 13.3. The highest BCUT2D eigenvalue weighted by atomic mass is 32.2. The van der Waals surface area contributed by atoms with Crippen LogP contribution < -0.4 is 5.73 Å². The molecule has 0 saturated heterocycles. The minimum Gasteiger partial charge on any atom is -0.374 e. The van der Waals surface area contributed by atoms with Gasteiger partial charge in [-0.3, -0.25) is 0 Å². The van der Waals surface area contributed by atoms with Gasteiger partial charge in [-0.05, 0) is 12.6 Å². The van der Waals surface area contributed by atoms with Crippen molar-refractivity contribution in [2.75, 3.05) is 25.1 Å². The number of nitrogens with zero attached hydrogens (tertiary/aromatic N) is 3. The van der Waals surface area contributed by atoms with E-state index in [0.29, 0.717) is 5.13 Å². The van der Waals surface area contributed by atoms with Crippen LogP contribution in [0.15, 0.2) is 34.7 Å². The SMILES string of the molecule is CN(CCSc1nnc(N)s1)Cc1ccccc1. The molecule has 1 aromatic heterocycles. The second-order valence-corrected chi connectivity index (χ2v) is 6.33. The molecule has 1 aromatic carbocycles. The van der Waals surface area contributed by atoms with E-state index in [4.69, 9.17) is 5.73 Å². The Morgan fingerprint density at radius 3 is 2.72 bits per heavy atom. The lowest BCUT2D eigenvalue weighted by molar-refractivity contribution is 0.348. The number of rotatable bonds is 6. The Labute approximate surface area is 115 Å². The van der Waals surface area contributed by atoms with Crippen LogP contribution in [0.3, 0.4) is 0 Å². The first-order valence-electron chi connectivity index (χ1n) is 5.68. The quantitative estimate of drug-likeness (QED) is 0.823. The topological polar surface area (TPSA) is 55.0 Å². The lowest BCUT2D eigenvalue weighted by atomic mass is 10.2. The molecule has 0 aliphatic rings. The fraction of sp³-hybridized carbons (Fsp3) is 0.333. The summed E-state index contributed by atoms with van der Waals surface area (Å²) in [6.45, 7) is 1.98. The molecular formula is C12H16N4S2. The highest BCUT2D eigenvalue weighted by Crippen LogP contribution is 2.23. The third-order valence-electron chi connectivity index (χ3n) is 2.42. The monoisotopic (exact) mass is 280 g/mol. The third kappa shape index (κ3) is 4.29. The first-order chi connectivity index (χ1) is 8.74. The standard InChI is InChI=1S/C12H16N4S2/c1-16(9-10-5-3-2-4-6-10)7-8-17-12-15-14-11(13)18-12/h2-6H,7-9H2,1H3,(H2,13,14). The van der Waals surface area contributed by atoms with E-state index in [9.17, 15) is 0 Å². The summed E-state index contributed by atoms with van der Waals surface area (Å²) >= 11 is 3.15. The van der Waals surface area contributed by atoms with Crippen LogP contribution in [0.2, 0.25) is 0 Å². The van der Waals surface area contributed by atoms with Crippen molar-refractivity contribution in [1.29, 1.82) is 0 Å². The summed E-state index contributed by atoms with van der Waals surface area (Å²) in [4.78, 5) is 2.30. The summed E-state index contributed by atoms with van der Waals surface area (Å²) in [5.41, 5.74) is 6.87. The maximum atomic E-state index is 5.53. The van der Waals surface area contributed by atoms with Crippen LogP contribution in [0, 0.1) is 0 Å². The van der Waals surface area contributed by atoms with E-state index in [1.54, 1.807) is 11.8 Å². The predicted molar refractivity (Wildman–Crippen MR) is 77.8 cm³/mol. The normalized spacial score (nSPS) is 11.0. The zero-order chi connectivity index (χ0) is 12.8. The van der Waals surface area contributed by atoms with Gasteiger partial charge in [-0.25, -0.2) is 0 Å². The number of anilines is 1. The van der Waals surface area contributed by atoms with Crippen LogP contribution in [-0.4, -0.2) is 34.4 Å². The number of benzene rings is 1. The summed E-state index contributed by atoms with van der Waals surface area (Å²) in [6.07, 6.45) is 0. The van der Waals surface area contributed by atoms with E-state index >= 15 is 0 Å². The summed E-state index contributed by atoms with van der Waals surface area (Å²) in [7, 11) is 2.13. The van der Waals surface area contributed by atoms with Gasteiger partial charge < -0.3 is 10.6 Å². The highest BCUT2D eigenvalue weighted by molar-refractivity contribution is 8.01. The number of aromatic nitrogens is 2. The average molecular weight is 280 g/mol. The minimum absolute atomic E-state index is 0.537. The Morgan fingerprint density at radius 2 is 2.06 bits per heavy atom. The van der Waals surface area contributed by atoms with Crippen molar-refractivity contribution in [3.63, 3.8) is 0 Å². The molecule has 6 heteroatoms. The number of hydrogen-bond acceptors (Lipinski definition) is 6. The van der Waals surface area contributed by atoms with Gasteiger partial charge >= 0.3 is 0 Å². The lowest BCUT2D eigenvalue weighted by Crippen LogP contribution is -2.20. The van der Waals surface area contributed by atoms with Crippen LogP contribution in [0.4, 0.5) is 5.13 Å². The first-order valence-corrected chi connectivity index (χ1v) is 7.48. The largest absolute Gasteiger partial charge is 0.374 e. The Balaban J connectivity index is 1.70. The molecule has 18 heavy (non-hydrogen) atoms. The predicted octanol–water partition coefficient (Wildman–Crippen LogP) is 2.34. The zero-order valence-electron chi connectivity index (χ0n) is 10.2. The van der Waals surface area contributed by atoms with Crippen molar-refractivity contribution in [1.82, 2.24) is 15.1 Å². The van der Waals surface area contributed by atoms with Gasteiger partial charge in [0.15, 0.2) is 4.34 Å². The van der Waals surface area contributed by atoms with E-state index in [2.05, 4.69) is 46.4 Å². The van der Waals surface area contributed by atoms with Gasteiger partial charge in [0.05, 0.1) is 0 Å². The number of nitrogens with two attached hydrogens (primary N) is 1. The van der Waals surface area contributed by atoms with Gasteiger partial charge in [0.2, 0.25) is 5.13 Å². The summed E-state index contributed by atoms with van der Waals surface area (Å²) in [5.74, 6) is 0.998. The van der Waals surface area contributed by atoms with E-state index in [0.717, 1.165) is 23.2 Å². The molecule has 0 bridgehead atoms. The van der Waals surface area contributed by atoms with E-state index in [1.807, 2.05) is 6.07 Å². The number of nitrogen functional groups attached to an aromatic ring is 1. The Morgan fingerprint density at radius 1 is 1.28 bits per heavy atom. The lowest BCUT2D eigenvalue weighted by Gasteiger charge is -2.15. The minimum atomic E-state index is 0.537. The fourth-order valence-corrected chi connectivity index (χ4v) is 3.30. The van der Waals surface area contributed by atoms with Crippen molar-refractivity contribution >= 4 is 28.2 Å². The molecule has 0 aliphatic carbocycles. The van der Waals surface area contributed by atoms with Gasteiger partial charge in [0.1, 0.15) is 0 Å². The maximum absolute atomic E-state index is 5.53. The van der Waals surface area contributed by atoms with Gasteiger partial charge in [0.25, 0.3) is 0 Å². The molecule has 96 valence electrons. The molecule has 0 saturated carbocycles. The molecule has 0 unspecified atom stereocenters. The Hall–Kier alpha value is -1.11. The second-order valence-electron chi connectivity index (χ2n) is 3.98. The van der Waals surface area contributed by atoms with Crippen LogP contribution >= 0.6 is 23.1 Å². The smallest absolute Gasteiger partial charge is 0.203 e. The van der Waals surface area contributed by atoms with E-state index in [-0.39, 0.29) is 0 Å². The van der Waals surface area contributed by atoms with Crippen molar-refractivity contribution < 1.29 is 0 Å². The Kier molecular flexibility index (Phi) is 4.98. The van der Waals surface area contributed by atoms with Gasteiger partial charge in [0, 0.05) is 18.8 Å². The molecule has 0 fully saturated rings. The third-order valence-corrected chi connectivity index (χ3v) is 4.28. The van der Waals surface area contributed by atoms with E-state index < -0.39 is 0 Å². The van der Waals surface area contributed by atoms with Crippen molar-refractivity contribution in [2.45, 2.75) is 10.9 Å². The molecule has 2 aromatic rings. The molecule has 0 atom stereocenters. The van der Waals surface area contributed by atoms with E-state index in [1.165, 1.54) is 16.9 Å². The maximum Gasteiger partial charge on any atom is 0.203 e. The molecule has 0 spiro atoms. The van der Waals surface area contributed by atoms with Gasteiger partial charge in [-0.15, -0.1) is 10.2 Å². The van der Waals surface area contributed by atoms with Crippen molar-refractivity contribution in [3.8, 4) is 0 Å². The molecule has 2 rings (SSSR count). The summed E-state index contributed by atoms with van der Waals surface area (Å²) in [5, 5.41) is 8.32. The number of hydrogen-bond donors (Lipinski definition) is 1. The average Bonchev–Trinajstić information content (AvgIpc) is 2.76. The summed E-state index contributed by atoms with van der Waals surface area (Å²) in [6, 6.07) is 10.5. The molecule has 2 N–H and O–H groups in total. The van der Waals surface area contributed by atoms with Crippen LogP contribution in [0.25, 0.3) is 0 Å². The molecular weight excluding hydrogens is 264 g/mol. The summed E-state index contributed by atoms with van der Waals surface area (Å²) < 4.78 is 0.945. The molecule has 4 nitrogen and oxygen atoms in total.